The van der Waals surface area contributed by atoms with Crippen molar-refractivity contribution in [1.82, 2.24) is 4.98 Å². The number of anilines is 2. The van der Waals surface area contributed by atoms with Gasteiger partial charge >= 0.3 is 0 Å². The van der Waals surface area contributed by atoms with E-state index < -0.39 is 0 Å². The maximum atomic E-state index is 13.0. The van der Waals surface area contributed by atoms with Crippen LogP contribution in [0.1, 0.15) is 11.1 Å². The summed E-state index contributed by atoms with van der Waals surface area (Å²) in [5.41, 5.74) is 3.81. The molecule has 1 aliphatic rings. The number of morpholine rings is 1. The molecule has 3 aromatic rings. The molecule has 2 aromatic carbocycles. The van der Waals surface area contributed by atoms with Gasteiger partial charge in [-0.3, -0.25) is 4.79 Å². The molecular formula is C23H24FN3O2S. The van der Waals surface area contributed by atoms with Gasteiger partial charge < -0.3 is 15.0 Å². The topological polar surface area (TPSA) is 54.5 Å². The summed E-state index contributed by atoms with van der Waals surface area (Å²) in [6, 6.07) is 14.3. The van der Waals surface area contributed by atoms with Crippen LogP contribution < -0.4 is 10.2 Å². The van der Waals surface area contributed by atoms with Gasteiger partial charge in [0.2, 0.25) is 5.91 Å². The summed E-state index contributed by atoms with van der Waals surface area (Å²) in [5.74, 6) is 1.66. The van der Waals surface area contributed by atoms with Crippen molar-refractivity contribution >= 4 is 40.1 Å². The number of ether oxygens (including phenoxy) is 1. The predicted octanol–water partition coefficient (Wildman–Crippen LogP) is 4.39. The Labute approximate surface area is 179 Å². The number of fused-ring (bicyclic) bond motifs is 1. The van der Waals surface area contributed by atoms with E-state index in [-0.39, 0.29) is 11.7 Å². The number of carbonyl (C=O) groups excluding carboxylic acids is 1. The number of carbonyl (C=O) groups is 1. The predicted molar refractivity (Wildman–Crippen MR) is 121 cm³/mol. The van der Waals surface area contributed by atoms with Crippen LogP contribution in [0, 0.1) is 12.7 Å². The van der Waals surface area contributed by atoms with Crippen molar-refractivity contribution in [3.05, 3.63) is 65.5 Å². The van der Waals surface area contributed by atoms with Crippen molar-refractivity contribution in [3.63, 3.8) is 0 Å². The highest BCUT2D eigenvalue weighted by atomic mass is 32.2. The number of aryl methyl sites for hydroxylation is 1. The molecule has 2 heterocycles. The van der Waals surface area contributed by atoms with Gasteiger partial charge in [-0.05, 0) is 54.4 Å². The van der Waals surface area contributed by atoms with Crippen molar-refractivity contribution in [3.8, 4) is 0 Å². The van der Waals surface area contributed by atoms with Gasteiger partial charge in [0.25, 0.3) is 0 Å². The summed E-state index contributed by atoms with van der Waals surface area (Å²) in [4.78, 5) is 19.3. The van der Waals surface area contributed by atoms with Crippen molar-refractivity contribution in [2.75, 3.05) is 42.3 Å². The number of hydrogen-bond donors (Lipinski definition) is 1. The Bertz CT molecular complexity index is 1040. The van der Waals surface area contributed by atoms with Crippen LogP contribution in [0.3, 0.4) is 0 Å². The number of nitrogens with zero attached hydrogens (tertiary/aromatic N) is 2. The number of benzene rings is 2. The zero-order chi connectivity index (χ0) is 20.9. The summed E-state index contributed by atoms with van der Waals surface area (Å²) >= 11 is 1.50. The second kappa shape index (κ2) is 9.45. The lowest BCUT2D eigenvalue weighted by Gasteiger charge is -2.28. The zero-order valence-electron chi connectivity index (χ0n) is 16.9. The Morgan fingerprint density at radius 2 is 1.93 bits per heavy atom. The fourth-order valence-corrected chi connectivity index (χ4v) is 4.24. The SMILES string of the molecule is Cc1cc(N2CCOCC2)nc2ccc(NC(=O)CSCc3ccc(F)cc3)cc12. The molecule has 1 saturated heterocycles. The van der Waals surface area contributed by atoms with E-state index in [9.17, 15) is 9.18 Å². The van der Waals surface area contributed by atoms with Gasteiger partial charge in [0, 0.05) is 29.9 Å². The third-order valence-corrected chi connectivity index (χ3v) is 6.04. The maximum absolute atomic E-state index is 13.0. The molecule has 0 saturated carbocycles. The Hall–Kier alpha value is -2.64. The van der Waals surface area contributed by atoms with E-state index in [1.54, 1.807) is 12.1 Å². The lowest BCUT2D eigenvalue weighted by Crippen LogP contribution is -2.36. The lowest BCUT2D eigenvalue weighted by molar-refractivity contribution is -0.113. The van der Waals surface area contributed by atoms with Gasteiger partial charge in [-0.1, -0.05) is 12.1 Å². The Balaban J connectivity index is 1.38. The first-order valence-electron chi connectivity index (χ1n) is 9.94. The molecule has 1 aliphatic heterocycles. The molecule has 0 spiro atoms. The second-order valence-electron chi connectivity index (χ2n) is 7.30. The number of aromatic nitrogens is 1. The molecule has 5 nitrogen and oxygen atoms in total. The number of nitrogens with one attached hydrogen (secondary N) is 1. The van der Waals surface area contributed by atoms with E-state index in [0.717, 1.165) is 59.8 Å². The molecule has 0 radical (unpaired) electrons. The minimum absolute atomic E-state index is 0.0583. The molecule has 4 rings (SSSR count). The van der Waals surface area contributed by atoms with Crippen LogP contribution in [-0.2, 0) is 15.3 Å². The van der Waals surface area contributed by atoms with Crippen LogP contribution in [0.4, 0.5) is 15.9 Å². The average Bonchev–Trinajstić information content (AvgIpc) is 2.76. The number of amides is 1. The van der Waals surface area contributed by atoms with Gasteiger partial charge in [-0.2, -0.15) is 0 Å². The summed E-state index contributed by atoms with van der Waals surface area (Å²) in [7, 11) is 0. The highest BCUT2D eigenvalue weighted by molar-refractivity contribution is 7.99. The van der Waals surface area contributed by atoms with E-state index in [1.807, 2.05) is 18.2 Å². The first kappa shape index (κ1) is 20.6. The van der Waals surface area contributed by atoms with Crippen LogP contribution in [0.15, 0.2) is 48.5 Å². The van der Waals surface area contributed by atoms with Crippen LogP contribution >= 0.6 is 11.8 Å². The van der Waals surface area contributed by atoms with Gasteiger partial charge in [0.15, 0.2) is 0 Å². The zero-order valence-corrected chi connectivity index (χ0v) is 17.7. The molecule has 30 heavy (non-hydrogen) atoms. The quantitative estimate of drug-likeness (QED) is 0.635. The van der Waals surface area contributed by atoms with Crippen LogP contribution in [0.5, 0.6) is 0 Å². The van der Waals surface area contributed by atoms with Gasteiger partial charge in [0.1, 0.15) is 11.6 Å². The molecule has 0 bridgehead atoms. The molecule has 7 heteroatoms. The minimum Gasteiger partial charge on any atom is -0.378 e. The van der Waals surface area contributed by atoms with Crippen LogP contribution in [-0.4, -0.2) is 42.9 Å². The molecule has 1 amide bonds. The molecule has 1 fully saturated rings. The molecule has 1 N–H and O–H groups in total. The van der Waals surface area contributed by atoms with Crippen molar-refractivity contribution in [2.45, 2.75) is 12.7 Å². The smallest absolute Gasteiger partial charge is 0.234 e. The molecule has 0 unspecified atom stereocenters. The van der Waals surface area contributed by atoms with Crippen molar-refractivity contribution in [2.24, 2.45) is 0 Å². The number of pyridine rings is 1. The van der Waals surface area contributed by atoms with E-state index in [1.165, 1.54) is 23.9 Å². The largest absolute Gasteiger partial charge is 0.378 e. The first-order valence-corrected chi connectivity index (χ1v) is 11.1. The summed E-state index contributed by atoms with van der Waals surface area (Å²) in [6.45, 7) is 5.22. The van der Waals surface area contributed by atoms with Crippen LogP contribution in [0.2, 0.25) is 0 Å². The van der Waals surface area contributed by atoms with E-state index >= 15 is 0 Å². The lowest BCUT2D eigenvalue weighted by atomic mass is 10.1. The molecule has 0 aliphatic carbocycles. The Morgan fingerprint density at radius 1 is 1.17 bits per heavy atom. The molecular weight excluding hydrogens is 401 g/mol. The third-order valence-electron chi connectivity index (χ3n) is 5.04. The fourth-order valence-electron chi connectivity index (χ4n) is 3.45. The highest BCUT2D eigenvalue weighted by Gasteiger charge is 2.14. The Kier molecular flexibility index (Phi) is 6.50. The highest BCUT2D eigenvalue weighted by Crippen LogP contribution is 2.26. The number of hydrogen-bond acceptors (Lipinski definition) is 5. The molecule has 0 atom stereocenters. The number of halogens is 1. The fraction of sp³-hybridized carbons (Fsp3) is 0.304. The first-order chi connectivity index (χ1) is 14.6. The van der Waals surface area contributed by atoms with Gasteiger partial charge in [-0.15, -0.1) is 11.8 Å². The normalized spacial score (nSPS) is 14.1. The monoisotopic (exact) mass is 425 g/mol. The average molecular weight is 426 g/mol. The van der Waals surface area contributed by atoms with Crippen LogP contribution in [0.25, 0.3) is 10.9 Å². The van der Waals surface area contributed by atoms with Crippen molar-refractivity contribution in [1.29, 1.82) is 0 Å². The Morgan fingerprint density at radius 3 is 2.70 bits per heavy atom. The van der Waals surface area contributed by atoms with E-state index in [4.69, 9.17) is 9.72 Å². The van der Waals surface area contributed by atoms with Gasteiger partial charge in [0.05, 0.1) is 24.5 Å². The minimum atomic E-state index is -0.250. The van der Waals surface area contributed by atoms with E-state index in [0.29, 0.717) is 11.5 Å². The van der Waals surface area contributed by atoms with Crippen molar-refractivity contribution < 1.29 is 13.9 Å². The summed E-state index contributed by atoms with van der Waals surface area (Å²) in [5, 5.41) is 3.99. The second-order valence-corrected chi connectivity index (χ2v) is 8.28. The summed E-state index contributed by atoms with van der Waals surface area (Å²) in [6.07, 6.45) is 0. The molecule has 156 valence electrons. The standard InChI is InChI=1S/C23H24FN3O2S/c1-16-12-22(27-8-10-29-11-9-27)26-21-7-6-19(13-20(16)21)25-23(28)15-30-14-17-2-4-18(24)5-3-17/h2-7,12-13H,8-11,14-15H2,1H3,(H,25,28). The third kappa shape index (κ3) is 5.09. The number of rotatable bonds is 6. The maximum Gasteiger partial charge on any atom is 0.234 e. The number of thioether (sulfide) groups is 1. The summed E-state index contributed by atoms with van der Waals surface area (Å²) < 4.78 is 18.4. The van der Waals surface area contributed by atoms with E-state index in [2.05, 4.69) is 23.2 Å². The molecule has 1 aromatic heterocycles. The van der Waals surface area contributed by atoms with Gasteiger partial charge in [-0.25, -0.2) is 9.37 Å².